The predicted octanol–water partition coefficient (Wildman–Crippen LogP) is 3.06. The molecule has 2 nitrogen and oxygen atoms in total. The summed E-state index contributed by atoms with van der Waals surface area (Å²) in [6, 6.07) is 2.61. The summed E-state index contributed by atoms with van der Waals surface area (Å²) in [7, 11) is 2.11. The first-order valence-electron chi connectivity index (χ1n) is 5.10. The van der Waals surface area contributed by atoms with E-state index in [0.29, 0.717) is 11.8 Å². The fourth-order valence-corrected chi connectivity index (χ4v) is 3.22. The first kappa shape index (κ1) is 11.3. The van der Waals surface area contributed by atoms with Crippen LogP contribution >= 0.6 is 27.3 Å². The third-order valence-electron chi connectivity index (χ3n) is 2.90. The van der Waals surface area contributed by atoms with Crippen molar-refractivity contribution in [2.75, 3.05) is 7.05 Å². The average molecular weight is 288 g/mol. The van der Waals surface area contributed by atoms with Crippen molar-refractivity contribution < 1.29 is 4.79 Å². The largest absolute Gasteiger partial charge is 0.300 e. The van der Waals surface area contributed by atoms with E-state index in [2.05, 4.69) is 39.3 Å². The van der Waals surface area contributed by atoms with E-state index < -0.39 is 0 Å². The number of Topliss-reactive ketones (excluding diaryl/α,β-unsaturated/α-hetero) is 1. The number of halogens is 1. The van der Waals surface area contributed by atoms with Crippen LogP contribution in [0.3, 0.4) is 0 Å². The van der Waals surface area contributed by atoms with Crippen LogP contribution in [-0.2, 0) is 11.3 Å². The van der Waals surface area contributed by atoms with Gasteiger partial charge in [0, 0.05) is 25.4 Å². The molecule has 1 saturated carbocycles. The molecule has 15 heavy (non-hydrogen) atoms. The molecule has 0 radical (unpaired) electrons. The lowest BCUT2D eigenvalue weighted by molar-refractivity contribution is -0.117. The van der Waals surface area contributed by atoms with Gasteiger partial charge in [0.15, 0.2) is 0 Å². The van der Waals surface area contributed by atoms with Crippen LogP contribution in [0, 0.1) is 0 Å². The Morgan fingerprint density at radius 2 is 2.47 bits per heavy atom. The van der Waals surface area contributed by atoms with Gasteiger partial charge in [-0.15, -0.1) is 11.3 Å². The third kappa shape index (κ3) is 2.89. The van der Waals surface area contributed by atoms with Gasteiger partial charge in [-0.25, -0.2) is 0 Å². The first-order chi connectivity index (χ1) is 7.15. The van der Waals surface area contributed by atoms with Crippen molar-refractivity contribution in [2.45, 2.75) is 31.8 Å². The van der Waals surface area contributed by atoms with E-state index in [1.807, 2.05) is 0 Å². The summed E-state index contributed by atoms with van der Waals surface area (Å²) < 4.78 is 1.17. The Hall–Kier alpha value is -0.190. The van der Waals surface area contributed by atoms with E-state index >= 15 is 0 Å². The lowest BCUT2D eigenvalue weighted by Crippen LogP contribution is -2.28. The van der Waals surface area contributed by atoms with Crippen LogP contribution in [0.4, 0.5) is 0 Å². The molecule has 1 aromatic rings. The molecule has 0 bridgehead atoms. The molecule has 1 aliphatic carbocycles. The minimum Gasteiger partial charge on any atom is -0.300 e. The minimum absolute atomic E-state index is 0.415. The Balaban J connectivity index is 1.92. The summed E-state index contributed by atoms with van der Waals surface area (Å²) in [6.07, 6.45) is 2.53. The molecule has 1 aromatic heterocycles. The van der Waals surface area contributed by atoms with Crippen LogP contribution in [0.25, 0.3) is 0 Å². The normalized spacial score (nSPS) is 21.5. The Kier molecular flexibility index (Phi) is 3.59. The molecule has 1 unspecified atom stereocenters. The number of nitrogens with zero attached hydrogens (tertiary/aromatic N) is 1. The van der Waals surface area contributed by atoms with Crippen LogP contribution < -0.4 is 0 Å². The molecule has 2 rings (SSSR count). The van der Waals surface area contributed by atoms with Gasteiger partial charge >= 0.3 is 0 Å². The van der Waals surface area contributed by atoms with E-state index in [1.165, 1.54) is 9.35 Å². The third-order valence-corrected chi connectivity index (χ3v) is 4.45. The Bertz CT molecular complexity index is 363. The number of ketones is 1. The van der Waals surface area contributed by atoms with Gasteiger partial charge in [-0.2, -0.15) is 0 Å². The number of thiophene rings is 1. The van der Waals surface area contributed by atoms with Crippen LogP contribution in [-0.4, -0.2) is 23.8 Å². The molecule has 0 N–H and O–H groups in total. The minimum atomic E-state index is 0.415. The fourth-order valence-electron chi connectivity index (χ4n) is 2.02. The molecule has 0 spiro atoms. The standard InChI is InChI=1S/C11H14BrNOS/c1-13(9-2-3-10(14)5-9)6-8-4-11(12)15-7-8/h4,7,9H,2-3,5-6H2,1H3. The Labute approximate surface area is 102 Å². The van der Waals surface area contributed by atoms with Gasteiger partial charge in [0.05, 0.1) is 3.79 Å². The summed E-state index contributed by atoms with van der Waals surface area (Å²) in [5.74, 6) is 0.415. The van der Waals surface area contributed by atoms with Gasteiger partial charge in [0.1, 0.15) is 5.78 Å². The highest BCUT2D eigenvalue weighted by atomic mass is 79.9. The van der Waals surface area contributed by atoms with Gasteiger partial charge in [0.25, 0.3) is 0 Å². The highest BCUT2D eigenvalue weighted by Gasteiger charge is 2.25. The highest BCUT2D eigenvalue weighted by molar-refractivity contribution is 9.11. The second kappa shape index (κ2) is 4.76. The van der Waals surface area contributed by atoms with Crippen molar-refractivity contribution in [2.24, 2.45) is 0 Å². The van der Waals surface area contributed by atoms with Crippen molar-refractivity contribution in [1.29, 1.82) is 0 Å². The SMILES string of the molecule is CN(Cc1csc(Br)c1)C1CCC(=O)C1. The lowest BCUT2D eigenvalue weighted by atomic mass is 10.2. The van der Waals surface area contributed by atoms with E-state index in [-0.39, 0.29) is 0 Å². The molecule has 0 amide bonds. The van der Waals surface area contributed by atoms with E-state index in [0.717, 1.165) is 25.8 Å². The topological polar surface area (TPSA) is 20.3 Å². The zero-order valence-electron chi connectivity index (χ0n) is 8.70. The average Bonchev–Trinajstić information content (AvgIpc) is 2.75. The van der Waals surface area contributed by atoms with Crippen molar-refractivity contribution >= 4 is 33.0 Å². The molecule has 0 aromatic carbocycles. The van der Waals surface area contributed by atoms with E-state index in [1.54, 1.807) is 11.3 Å². The highest BCUT2D eigenvalue weighted by Crippen LogP contribution is 2.25. The van der Waals surface area contributed by atoms with Crippen molar-refractivity contribution in [3.63, 3.8) is 0 Å². The number of rotatable bonds is 3. The predicted molar refractivity (Wildman–Crippen MR) is 66.1 cm³/mol. The molecular formula is C11H14BrNOS. The van der Waals surface area contributed by atoms with Gasteiger partial charge < -0.3 is 0 Å². The number of hydrogen-bond acceptors (Lipinski definition) is 3. The van der Waals surface area contributed by atoms with Crippen molar-refractivity contribution in [1.82, 2.24) is 4.90 Å². The van der Waals surface area contributed by atoms with Gasteiger partial charge in [-0.1, -0.05) is 0 Å². The monoisotopic (exact) mass is 287 g/mol. The van der Waals surface area contributed by atoms with Crippen molar-refractivity contribution in [3.8, 4) is 0 Å². The maximum atomic E-state index is 11.2. The number of hydrogen-bond donors (Lipinski definition) is 0. The molecule has 1 fully saturated rings. The summed E-state index contributed by atoms with van der Waals surface area (Å²) in [5.41, 5.74) is 1.33. The van der Waals surface area contributed by atoms with Gasteiger partial charge in [0.2, 0.25) is 0 Å². The van der Waals surface area contributed by atoms with Crippen LogP contribution in [0.5, 0.6) is 0 Å². The zero-order valence-corrected chi connectivity index (χ0v) is 11.1. The quantitative estimate of drug-likeness (QED) is 0.852. The van der Waals surface area contributed by atoms with Crippen LogP contribution in [0.15, 0.2) is 15.2 Å². The fraction of sp³-hybridized carbons (Fsp3) is 0.545. The second-order valence-electron chi connectivity index (χ2n) is 4.11. The maximum Gasteiger partial charge on any atom is 0.134 e. The molecule has 1 aliphatic rings. The van der Waals surface area contributed by atoms with Gasteiger partial charge in [-0.3, -0.25) is 9.69 Å². The zero-order chi connectivity index (χ0) is 10.8. The van der Waals surface area contributed by atoms with E-state index in [4.69, 9.17) is 0 Å². The summed E-state index contributed by atoms with van der Waals surface area (Å²) >= 11 is 5.17. The Morgan fingerprint density at radius 1 is 1.67 bits per heavy atom. The number of carbonyl (C=O) groups excluding carboxylic acids is 1. The molecule has 1 atom stereocenters. The van der Waals surface area contributed by atoms with E-state index in [9.17, 15) is 4.79 Å². The maximum absolute atomic E-state index is 11.2. The van der Waals surface area contributed by atoms with Crippen LogP contribution in [0.2, 0.25) is 0 Å². The molecule has 4 heteroatoms. The summed E-state index contributed by atoms with van der Waals surface area (Å²) in [5, 5.41) is 2.16. The first-order valence-corrected chi connectivity index (χ1v) is 6.77. The molecular weight excluding hydrogens is 274 g/mol. The number of carbonyl (C=O) groups is 1. The summed E-state index contributed by atoms with van der Waals surface area (Å²) in [6.45, 7) is 0.944. The molecule has 0 saturated heterocycles. The molecule has 0 aliphatic heterocycles. The van der Waals surface area contributed by atoms with Gasteiger partial charge in [-0.05, 0) is 46.4 Å². The second-order valence-corrected chi connectivity index (χ2v) is 6.40. The smallest absolute Gasteiger partial charge is 0.134 e. The molecule has 82 valence electrons. The lowest BCUT2D eigenvalue weighted by Gasteiger charge is -2.22. The van der Waals surface area contributed by atoms with Crippen molar-refractivity contribution in [3.05, 3.63) is 20.8 Å². The Morgan fingerprint density at radius 3 is 3.00 bits per heavy atom. The molecule has 1 heterocycles. The summed E-state index contributed by atoms with van der Waals surface area (Å²) in [4.78, 5) is 13.5. The van der Waals surface area contributed by atoms with Crippen LogP contribution in [0.1, 0.15) is 24.8 Å².